The Kier molecular flexibility index (Phi) is 6.43. The van der Waals surface area contributed by atoms with E-state index in [9.17, 15) is 0 Å². The highest BCUT2D eigenvalue weighted by Gasteiger charge is 2.16. The third-order valence-electron chi connectivity index (χ3n) is 6.53. The van der Waals surface area contributed by atoms with Gasteiger partial charge < -0.3 is 33.8 Å². The van der Waals surface area contributed by atoms with Crippen molar-refractivity contribution in [1.82, 2.24) is 19.9 Å². The van der Waals surface area contributed by atoms with Gasteiger partial charge in [0, 0.05) is 72.3 Å². The molecule has 0 aliphatic heterocycles. The van der Waals surface area contributed by atoms with Gasteiger partial charge in [0.25, 0.3) is 0 Å². The fourth-order valence-electron chi connectivity index (χ4n) is 4.63. The van der Waals surface area contributed by atoms with E-state index in [1.807, 2.05) is 43.6 Å². The predicted molar refractivity (Wildman–Crippen MR) is 141 cm³/mol. The molecule has 5 aromatic rings. The summed E-state index contributed by atoms with van der Waals surface area (Å²) in [6.07, 6.45) is 3.95. The van der Waals surface area contributed by atoms with Crippen molar-refractivity contribution < 1.29 is 18.9 Å². The number of ether oxygens (including phenoxy) is 4. The van der Waals surface area contributed by atoms with Gasteiger partial charge in [-0.2, -0.15) is 0 Å². The number of hydrogen-bond donors (Lipinski definition) is 2. The summed E-state index contributed by atoms with van der Waals surface area (Å²) in [4.78, 5) is 8.08. The zero-order valence-corrected chi connectivity index (χ0v) is 21.1. The zero-order chi connectivity index (χ0) is 25.2. The van der Waals surface area contributed by atoms with Crippen molar-refractivity contribution in [3.8, 4) is 34.3 Å². The van der Waals surface area contributed by atoms with Gasteiger partial charge in [-0.1, -0.05) is 6.07 Å². The second-order valence-corrected chi connectivity index (χ2v) is 8.57. The molecule has 8 heteroatoms. The normalized spacial score (nSPS) is 11.2. The fourth-order valence-corrected chi connectivity index (χ4v) is 4.63. The molecule has 0 amide bonds. The lowest BCUT2D eigenvalue weighted by Gasteiger charge is -2.11. The van der Waals surface area contributed by atoms with E-state index < -0.39 is 0 Å². The topological polar surface area (TPSA) is 82.6 Å². The minimum absolute atomic E-state index is 0.666. The SMILES string of the molecule is COc1ccc(CNCc2ccnc3[nH]c(-c4cn(C)c5cc(OC)c(OC)cc45)cc23)c(OC)c1. The van der Waals surface area contributed by atoms with E-state index in [-0.39, 0.29) is 0 Å². The van der Waals surface area contributed by atoms with Crippen LogP contribution in [0.25, 0.3) is 33.2 Å². The van der Waals surface area contributed by atoms with Gasteiger partial charge in [0.05, 0.1) is 34.0 Å². The molecule has 0 radical (unpaired) electrons. The molecule has 3 aromatic heterocycles. The molecule has 0 fully saturated rings. The van der Waals surface area contributed by atoms with Crippen LogP contribution in [0, 0.1) is 0 Å². The lowest BCUT2D eigenvalue weighted by Crippen LogP contribution is -2.13. The Labute approximate surface area is 209 Å². The Morgan fingerprint density at radius 2 is 1.56 bits per heavy atom. The molecule has 2 aromatic carbocycles. The summed E-state index contributed by atoms with van der Waals surface area (Å²) < 4.78 is 24.0. The average molecular weight is 487 g/mol. The molecule has 0 bridgehead atoms. The minimum atomic E-state index is 0.666. The van der Waals surface area contributed by atoms with E-state index >= 15 is 0 Å². The molecule has 0 spiro atoms. The lowest BCUT2D eigenvalue weighted by atomic mass is 10.1. The van der Waals surface area contributed by atoms with Crippen molar-refractivity contribution >= 4 is 21.9 Å². The average Bonchev–Trinajstić information content (AvgIpc) is 3.49. The number of nitrogens with zero attached hydrogens (tertiary/aromatic N) is 2. The molecule has 0 aliphatic rings. The summed E-state index contributed by atoms with van der Waals surface area (Å²) in [7, 11) is 8.65. The maximum absolute atomic E-state index is 5.55. The number of pyridine rings is 1. The van der Waals surface area contributed by atoms with Gasteiger partial charge in [0.15, 0.2) is 11.5 Å². The molecular weight excluding hydrogens is 456 g/mol. The number of nitrogens with one attached hydrogen (secondary N) is 2. The van der Waals surface area contributed by atoms with Gasteiger partial charge in [-0.05, 0) is 29.8 Å². The van der Waals surface area contributed by atoms with Gasteiger partial charge in [0.2, 0.25) is 0 Å². The lowest BCUT2D eigenvalue weighted by molar-refractivity contribution is 0.355. The summed E-state index contributed by atoms with van der Waals surface area (Å²) in [6.45, 7) is 1.35. The molecule has 36 heavy (non-hydrogen) atoms. The van der Waals surface area contributed by atoms with Crippen LogP contribution in [0.5, 0.6) is 23.0 Å². The van der Waals surface area contributed by atoms with Crippen LogP contribution in [0.3, 0.4) is 0 Å². The maximum atomic E-state index is 5.55. The fraction of sp³-hybridized carbons (Fsp3) is 0.250. The Morgan fingerprint density at radius 1 is 0.806 bits per heavy atom. The number of H-pyrrole nitrogens is 1. The van der Waals surface area contributed by atoms with Crippen molar-refractivity contribution in [2.45, 2.75) is 13.1 Å². The number of rotatable bonds is 9. The van der Waals surface area contributed by atoms with Gasteiger partial charge in [0.1, 0.15) is 17.1 Å². The summed E-state index contributed by atoms with van der Waals surface area (Å²) in [5.74, 6) is 2.98. The maximum Gasteiger partial charge on any atom is 0.162 e. The number of hydrogen-bond acceptors (Lipinski definition) is 6. The Morgan fingerprint density at radius 3 is 2.31 bits per heavy atom. The number of fused-ring (bicyclic) bond motifs is 2. The largest absolute Gasteiger partial charge is 0.497 e. The summed E-state index contributed by atoms with van der Waals surface area (Å²) >= 11 is 0. The zero-order valence-electron chi connectivity index (χ0n) is 21.1. The molecule has 0 saturated heterocycles. The highest BCUT2D eigenvalue weighted by Crippen LogP contribution is 2.38. The first-order valence-corrected chi connectivity index (χ1v) is 11.7. The number of aryl methyl sites for hydroxylation is 1. The molecular formula is C28H30N4O4. The Bertz CT molecular complexity index is 1540. The van der Waals surface area contributed by atoms with Crippen molar-refractivity contribution in [3.05, 3.63) is 66.0 Å². The van der Waals surface area contributed by atoms with Crippen LogP contribution in [0.4, 0.5) is 0 Å². The van der Waals surface area contributed by atoms with E-state index in [1.165, 1.54) is 0 Å². The third kappa shape index (κ3) is 4.20. The van der Waals surface area contributed by atoms with Crippen LogP contribution in [-0.2, 0) is 20.1 Å². The van der Waals surface area contributed by atoms with Crippen molar-refractivity contribution in [2.75, 3.05) is 28.4 Å². The quantitative estimate of drug-likeness (QED) is 0.304. The standard InChI is InChI=1S/C28H30N4O4/c1-32-16-22(21-12-26(35-4)27(36-5)13-24(21)32)23-11-20-17(8-9-30-28(20)31-23)14-29-15-18-6-7-19(33-2)10-25(18)34-3/h6-13,16,29H,14-15H2,1-5H3,(H,30,31). The molecule has 8 nitrogen and oxygen atoms in total. The molecule has 3 heterocycles. The molecule has 0 aliphatic carbocycles. The number of benzene rings is 2. The minimum Gasteiger partial charge on any atom is -0.497 e. The Hall–Kier alpha value is -4.17. The Balaban J connectivity index is 1.44. The second kappa shape index (κ2) is 9.83. The van der Waals surface area contributed by atoms with E-state index in [0.29, 0.717) is 24.6 Å². The van der Waals surface area contributed by atoms with Crippen LogP contribution in [0.15, 0.2) is 54.9 Å². The van der Waals surface area contributed by atoms with E-state index in [4.69, 9.17) is 18.9 Å². The van der Waals surface area contributed by atoms with E-state index in [1.54, 1.807) is 28.4 Å². The summed E-state index contributed by atoms with van der Waals surface area (Å²) in [5.41, 5.74) is 6.22. The third-order valence-corrected chi connectivity index (χ3v) is 6.53. The van der Waals surface area contributed by atoms with Crippen LogP contribution in [0.2, 0.25) is 0 Å². The monoisotopic (exact) mass is 486 g/mol. The highest BCUT2D eigenvalue weighted by molar-refractivity contribution is 5.99. The molecule has 0 unspecified atom stereocenters. The van der Waals surface area contributed by atoms with E-state index in [2.05, 4.69) is 38.2 Å². The van der Waals surface area contributed by atoms with Crippen LogP contribution in [-0.4, -0.2) is 43.0 Å². The second-order valence-electron chi connectivity index (χ2n) is 8.57. The van der Waals surface area contributed by atoms with Crippen LogP contribution < -0.4 is 24.3 Å². The van der Waals surface area contributed by atoms with Crippen molar-refractivity contribution in [1.29, 1.82) is 0 Å². The molecule has 186 valence electrons. The first kappa shape index (κ1) is 23.6. The van der Waals surface area contributed by atoms with Gasteiger partial charge in [-0.25, -0.2) is 4.98 Å². The smallest absolute Gasteiger partial charge is 0.162 e. The van der Waals surface area contributed by atoms with Crippen LogP contribution >= 0.6 is 0 Å². The molecule has 2 N–H and O–H groups in total. The summed E-state index contributed by atoms with van der Waals surface area (Å²) in [6, 6.07) is 14.1. The van der Waals surface area contributed by atoms with Gasteiger partial charge in [-0.15, -0.1) is 0 Å². The molecule has 0 saturated carbocycles. The van der Waals surface area contributed by atoms with Crippen molar-refractivity contribution in [3.63, 3.8) is 0 Å². The van der Waals surface area contributed by atoms with Gasteiger partial charge >= 0.3 is 0 Å². The van der Waals surface area contributed by atoms with Gasteiger partial charge in [-0.3, -0.25) is 0 Å². The van der Waals surface area contributed by atoms with Crippen molar-refractivity contribution in [2.24, 2.45) is 7.05 Å². The number of aromatic amines is 1. The predicted octanol–water partition coefficient (Wildman–Crippen LogP) is 5.05. The first-order chi connectivity index (χ1) is 17.6. The molecule has 5 rings (SSSR count). The summed E-state index contributed by atoms with van der Waals surface area (Å²) in [5, 5.41) is 5.70. The number of aromatic nitrogens is 3. The highest BCUT2D eigenvalue weighted by atomic mass is 16.5. The first-order valence-electron chi connectivity index (χ1n) is 11.7. The number of methoxy groups -OCH3 is 4. The van der Waals surface area contributed by atoms with Crippen LogP contribution in [0.1, 0.15) is 11.1 Å². The van der Waals surface area contributed by atoms with E-state index in [0.717, 1.165) is 55.8 Å². The molecule has 0 atom stereocenters.